The molecule has 0 bridgehead atoms. The molecule has 2 atom stereocenters. The number of ketones is 1. The molecule has 0 aromatic rings. The number of piperidine rings is 1. The van der Waals surface area contributed by atoms with E-state index in [9.17, 15) is 19.2 Å². The van der Waals surface area contributed by atoms with Crippen LogP contribution in [-0.4, -0.2) is 70.7 Å². The number of amides is 3. The number of hydrogen-bond acceptors (Lipinski definition) is 5. The maximum absolute atomic E-state index is 13.0. The summed E-state index contributed by atoms with van der Waals surface area (Å²) >= 11 is 5.82. The summed E-state index contributed by atoms with van der Waals surface area (Å²) in [6.07, 6.45) is 2.96. The zero-order chi connectivity index (χ0) is 22.0. The van der Waals surface area contributed by atoms with Crippen molar-refractivity contribution in [1.82, 2.24) is 15.5 Å². The molecular formula is C20H34ClN3O5. The highest BCUT2D eigenvalue weighted by molar-refractivity contribution is 6.28. The highest BCUT2D eigenvalue weighted by atomic mass is 35.5. The largest absolute Gasteiger partial charge is 0.396 e. The molecule has 1 aliphatic rings. The fraction of sp³-hybridized carbons (Fsp3) is 0.800. The molecule has 0 aliphatic carbocycles. The van der Waals surface area contributed by atoms with Gasteiger partial charge in [0.05, 0.1) is 18.5 Å². The molecule has 1 unspecified atom stereocenters. The van der Waals surface area contributed by atoms with Crippen molar-refractivity contribution in [3.8, 4) is 0 Å². The Morgan fingerprint density at radius 1 is 1.31 bits per heavy atom. The predicted octanol–water partition coefficient (Wildman–Crippen LogP) is 0.985. The zero-order valence-corrected chi connectivity index (χ0v) is 18.4. The molecule has 3 amide bonds. The molecule has 0 spiro atoms. The summed E-state index contributed by atoms with van der Waals surface area (Å²) in [7, 11) is 0. The van der Waals surface area contributed by atoms with Gasteiger partial charge in [0.2, 0.25) is 17.7 Å². The first kappa shape index (κ1) is 25.4. The van der Waals surface area contributed by atoms with E-state index >= 15 is 0 Å². The zero-order valence-electron chi connectivity index (χ0n) is 17.6. The van der Waals surface area contributed by atoms with Crippen molar-refractivity contribution in [3.05, 3.63) is 0 Å². The fourth-order valence-corrected chi connectivity index (χ4v) is 3.74. The van der Waals surface area contributed by atoms with Crippen molar-refractivity contribution in [3.63, 3.8) is 0 Å². The lowest BCUT2D eigenvalue weighted by Crippen LogP contribution is -2.58. The van der Waals surface area contributed by atoms with Crippen LogP contribution in [0.3, 0.4) is 0 Å². The molecule has 3 N–H and O–H groups in total. The van der Waals surface area contributed by atoms with Gasteiger partial charge < -0.3 is 20.6 Å². The van der Waals surface area contributed by atoms with Gasteiger partial charge in [0, 0.05) is 31.0 Å². The van der Waals surface area contributed by atoms with Crippen molar-refractivity contribution in [2.75, 3.05) is 25.6 Å². The second-order valence-corrected chi connectivity index (χ2v) is 8.64. The maximum Gasteiger partial charge on any atom is 0.243 e. The Balaban J connectivity index is 2.91. The number of hydrogen-bond donors (Lipinski definition) is 3. The van der Waals surface area contributed by atoms with Crippen LogP contribution in [0.2, 0.25) is 0 Å². The highest BCUT2D eigenvalue weighted by Crippen LogP contribution is 2.26. The van der Waals surface area contributed by atoms with Crippen LogP contribution in [0.1, 0.15) is 59.3 Å². The summed E-state index contributed by atoms with van der Waals surface area (Å²) in [5.41, 5.74) is -0.698. The van der Waals surface area contributed by atoms with Gasteiger partial charge in [0.1, 0.15) is 0 Å². The Morgan fingerprint density at radius 3 is 2.55 bits per heavy atom. The fourth-order valence-electron chi connectivity index (χ4n) is 3.56. The third kappa shape index (κ3) is 8.30. The van der Waals surface area contributed by atoms with Crippen molar-refractivity contribution in [1.29, 1.82) is 0 Å². The summed E-state index contributed by atoms with van der Waals surface area (Å²) in [4.78, 5) is 51.2. The van der Waals surface area contributed by atoms with Crippen LogP contribution in [0.15, 0.2) is 0 Å². The third-order valence-electron chi connectivity index (χ3n) is 4.96. The second kappa shape index (κ2) is 12.1. The minimum absolute atomic E-state index is 0.0149. The lowest BCUT2D eigenvalue weighted by molar-refractivity contribution is -0.146. The van der Waals surface area contributed by atoms with Gasteiger partial charge in [0.15, 0.2) is 5.78 Å². The summed E-state index contributed by atoms with van der Waals surface area (Å²) in [6.45, 7) is 5.82. The van der Waals surface area contributed by atoms with E-state index in [1.807, 2.05) is 20.8 Å². The topological polar surface area (TPSA) is 116 Å². The van der Waals surface area contributed by atoms with Gasteiger partial charge in [-0.2, -0.15) is 0 Å². The van der Waals surface area contributed by atoms with Gasteiger partial charge in [-0.15, -0.1) is 11.6 Å². The van der Waals surface area contributed by atoms with E-state index in [0.29, 0.717) is 25.8 Å². The number of unbranched alkanes of at least 4 members (excludes halogenated alkanes) is 1. The second-order valence-electron chi connectivity index (χ2n) is 8.37. The highest BCUT2D eigenvalue weighted by Gasteiger charge is 2.39. The molecule has 1 aliphatic heterocycles. The Bertz CT molecular complexity index is 591. The molecule has 0 radical (unpaired) electrons. The molecule has 8 nitrogen and oxygen atoms in total. The summed E-state index contributed by atoms with van der Waals surface area (Å²) in [5, 5.41) is 14.2. The molecule has 29 heavy (non-hydrogen) atoms. The van der Waals surface area contributed by atoms with Gasteiger partial charge in [-0.25, -0.2) is 0 Å². The van der Waals surface area contributed by atoms with Crippen molar-refractivity contribution in [2.24, 2.45) is 5.92 Å². The summed E-state index contributed by atoms with van der Waals surface area (Å²) in [6, 6.07) is -0.833. The van der Waals surface area contributed by atoms with E-state index in [0.717, 1.165) is 6.42 Å². The number of nitrogens with zero attached hydrogens (tertiary/aromatic N) is 1. The molecule has 1 saturated heterocycles. The molecule has 0 saturated carbocycles. The van der Waals surface area contributed by atoms with Gasteiger partial charge in [-0.1, -0.05) is 0 Å². The van der Waals surface area contributed by atoms with Gasteiger partial charge in [-0.3, -0.25) is 19.2 Å². The number of carbonyl (C=O) groups is 4. The lowest BCUT2D eigenvalue weighted by atomic mass is 9.87. The van der Waals surface area contributed by atoms with Crippen molar-refractivity contribution in [2.45, 2.75) is 70.9 Å². The molecule has 9 heteroatoms. The number of halogens is 1. The standard InChI is InChI=1S/C20H34ClN3O5/c1-20(2,3)24(18(28)13-23-17(27)8-4-5-10-25)15(16(26)12-21)11-14-7-6-9-22-19(14)29/h14-15,25H,4-13H2,1-3H3,(H,22,29)(H,23,27)/t14-,15?/m0/s1. The van der Waals surface area contributed by atoms with Gasteiger partial charge in [-0.05, 0) is 52.9 Å². The number of alkyl halides is 1. The van der Waals surface area contributed by atoms with E-state index in [2.05, 4.69) is 10.6 Å². The van der Waals surface area contributed by atoms with E-state index in [-0.39, 0.29) is 55.4 Å². The smallest absolute Gasteiger partial charge is 0.243 e. The average Bonchev–Trinajstić information content (AvgIpc) is 2.66. The first-order valence-corrected chi connectivity index (χ1v) is 10.7. The Hall–Kier alpha value is -1.67. The van der Waals surface area contributed by atoms with Crippen LogP contribution in [0.4, 0.5) is 0 Å². The quantitative estimate of drug-likeness (QED) is 0.333. The normalized spacial score (nSPS) is 18.0. The minimum Gasteiger partial charge on any atom is -0.396 e. The van der Waals surface area contributed by atoms with Crippen molar-refractivity contribution >= 4 is 35.1 Å². The van der Waals surface area contributed by atoms with Crippen LogP contribution in [-0.2, 0) is 19.2 Å². The van der Waals surface area contributed by atoms with E-state index in [1.165, 1.54) is 4.90 Å². The number of carbonyl (C=O) groups excluding carboxylic acids is 4. The third-order valence-corrected chi connectivity index (χ3v) is 5.23. The lowest BCUT2D eigenvalue weighted by Gasteiger charge is -2.42. The van der Waals surface area contributed by atoms with Crippen molar-refractivity contribution < 1.29 is 24.3 Å². The van der Waals surface area contributed by atoms with Crippen LogP contribution in [0.5, 0.6) is 0 Å². The van der Waals surface area contributed by atoms with Gasteiger partial charge >= 0.3 is 0 Å². The van der Waals surface area contributed by atoms with Crippen LogP contribution >= 0.6 is 11.6 Å². The number of aliphatic hydroxyl groups is 1. The number of aliphatic hydroxyl groups excluding tert-OH is 1. The molecule has 0 aromatic carbocycles. The van der Waals surface area contributed by atoms with Crippen LogP contribution in [0.25, 0.3) is 0 Å². The Labute approximate surface area is 177 Å². The molecule has 166 valence electrons. The number of Topliss-reactive ketones (excluding diaryl/α,β-unsaturated/α-hetero) is 1. The first-order chi connectivity index (χ1) is 13.6. The summed E-state index contributed by atoms with van der Waals surface area (Å²) < 4.78 is 0. The molecule has 1 fully saturated rings. The first-order valence-electron chi connectivity index (χ1n) is 10.2. The number of nitrogens with one attached hydrogen (secondary N) is 2. The maximum atomic E-state index is 13.0. The van der Waals surface area contributed by atoms with E-state index in [4.69, 9.17) is 16.7 Å². The summed E-state index contributed by atoms with van der Waals surface area (Å²) in [5.74, 6) is -1.72. The molecule has 1 heterocycles. The van der Waals surface area contributed by atoms with E-state index in [1.54, 1.807) is 0 Å². The van der Waals surface area contributed by atoms with Gasteiger partial charge in [0.25, 0.3) is 0 Å². The monoisotopic (exact) mass is 431 g/mol. The minimum atomic E-state index is -0.833. The number of rotatable bonds is 11. The molecule has 0 aromatic heterocycles. The van der Waals surface area contributed by atoms with E-state index < -0.39 is 17.5 Å². The average molecular weight is 432 g/mol. The molecular weight excluding hydrogens is 398 g/mol. The molecule has 1 rings (SSSR count). The Morgan fingerprint density at radius 2 is 2.00 bits per heavy atom. The van der Waals surface area contributed by atoms with Crippen LogP contribution in [0, 0.1) is 5.92 Å². The Kier molecular flexibility index (Phi) is 10.6. The van der Waals surface area contributed by atoms with Crippen LogP contribution < -0.4 is 10.6 Å². The predicted molar refractivity (Wildman–Crippen MR) is 110 cm³/mol. The SMILES string of the molecule is CC(C)(C)N(C(=O)CNC(=O)CCCCO)C(C[C@@H]1CCCNC1=O)C(=O)CCl.